The van der Waals surface area contributed by atoms with E-state index in [0.717, 1.165) is 5.56 Å². The van der Waals surface area contributed by atoms with Gasteiger partial charge in [0.05, 0.1) is 31.0 Å². The summed E-state index contributed by atoms with van der Waals surface area (Å²) in [6.45, 7) is 8.33. The number of carbonyl (C=O) groups is 1. The predicted molar refractivity (Wildman–Crippen MR) is 88.6 cm³/mol. The van der Waals surface area contributed by atoms with Gasteiger partial charge in [-0.05, 0) is 39.3 Å². The Kier molecular flexibility index (Phi) is 4.30. The van der Waals surface area contributed by atoms with Crippen LogP contribution in [0.3, 0.4) is 0 Å². The summed E-state index contributed by atoms with van der Waals surface area (Å²) in [5.41, 5.74) is 0.0796. The van der Waals surface area contributed by atoms with E-state index in [0.29, 0.717) is 31.7 Å². The molecule has 2 fully saturated rings. The van der Waals surface area contributed by atoms with Crippen molar-refractivity contribution < 1.29 is 19.4 Å². The van der Waals surface area contributed by atoms with Gasteiger partial charge in [-0.3, -0.25) is 9.88 Å². The second-order valence-corrected chi connectivity index (χ2v) is 7.84. The van der Waals surface area contributed by atoms with Crippen LogP contribution in [0.1, 0.15) is 44.9 Å². The van der Waals surface area contributed by atoms with Gasteiger partial charge < -0.3 is 14.6 Å². The van der Waals surface area contributed by atoms with Crippen molar-refractivity contribution in [1.82, 2.24) is 9.88 Å². The molecule has 2 atom stereocenters. The number of aliphatic hydroxyl groups is 1. The van der Waals surface area contributed by atoms with Crippen LogP contribution in [0.15, 0.2) is 18.3 Å². The number of carbonyl (C=O) groups excluding carboxylic acids is 1. The van der Waals surface area contributed by atoms with Crippen LogP contribution in [0.2, 0.25) is 0 Å². The van der Waals surface area contributed by atoms with E-state index in [-0.39, 0.29) is 18.2 Å². The molecule has 0 aromatic carbocycles. The third-order valence-corrected chi connectivity index (χ3v) is 4.61. The molecule has 0 radical (unpaired) electrons. The Balaban J connectivity index is 1.86. The third kappa shape index (κ3) is 3.26. The number of aromatic nitrogens is 1. The monoisotopic (exact) mass is 334 g/mol. The van der Waals surface area contributed by atoms with E-state index >= 15 is 0 Å². The summed E-state index contributed by atoms with van der Waals surface area (Å²) in [6, 6.07) is 3.40. The van der Waals surface area contributed by atoms with Gasteiger partial charge in [-0.15, -0.1) is 0 Å². The fourth-order valence-corrected chi connectivity index (χ4v) is 3.76. The molecule has 0 aliphatic carbocycles. The molecule has 1 N–H and O–H groups in total. The summed E-state index contributed by atoms with van der Waals surface area (Å²) < 4.78 is 11.2. The van der Waals surface area contributed by atoms with Crippen molar-refractivity contribution in [2.45, 2.75) is 63.8 Å². The lowest BCUT2D eigenvalue weighted by atomic mass is 9.78. The van der Waals surface area contributed by atoms with Crippen molar-refractivity contribution in [3.05, 3.63) is 29.6 Å². The van der Waals surface area contributed by atoms with E-state index in [2.05, 4.69) is 4.98 Å². The maximum absolute atomic E-state index is 12.6. The molecule has 3 heterocycles. The number of nitrogens with zero attached hydrogens (tertiary/aromatic N) is 2. The topological polar surface area (TPSA) is 71.9 Å². The highest BCUT2D eigenvalue weighted by molar-refractivity contribution is 5.69. The van der Waals surface area contributed by atoms with Gasteiger partial charge in [0.25, 0.3) is 0 Å². The van der Waals surface area contributed by atoms with Gasteiger partial charge in [-0.1, -0.05) is 6.07 Å². The van der Waals surface area contributed by atoms with Crippen LogP contribution in [0.4, 0.5) is 4.79 Å². The minimum Gasteiger partial charge on any atom is -0.444 e. The van der Waals surface area contributed by atoms with Crippen LogP contribution in [0, 0.1) is 6.92 Å². The average Bonchev–Trinajstić information content (AvgIpc) is 2.44. The minimum atomic E-state index is -1.04. The Hall–Kier alpha value is -1.66. The lowest BCUT2D eigenvalue weighted by Crippen LogP contribution is -2.63. The van der Waals surface area contributed by atoms with Gasteiger partial charge in [0.1, 0.15) is 11.2 Å². The van der Waals surface area contributed by atoms with Crippen molar-refractivity contribution in [2.24, 2.45) is 0 Å². The minimum absolute atomic E-state index is 0.209. The largest absolute Gasteiger partial charge is 0.444 e. The number of fused-ring (bicyclic) bond motifs is 2. The van der Waals surface area contributed by atoms with E-state index < -0.39 is 11.2 Å². The third-order valence-electron chi connectivity index (χ3n) is 4.61. The van der Waals surface area contributed by atoms with Crippen molar-refractivity contribution >= 4 is 6.09 Å². The zero-order chi connectivity index (χ0) is 17.5. The molecule has 6 nitrogen and oxygen atoms in total. The van der Waals surface area contributed by atoms with E-state index in [1.807, 2.05) is 39.8 Å². The Morgan fingerprint density at radius 1 is 1.38 bits per heavy atom. The second kappa shape index (κ2) is 6.01. The van der Waals surface area contributed by atoms with Crippen LogP contribution >= 0.6 is 0 Å². The van der Waals surface area contributed by atoms with Gasteiger partial charge >= 0.3 is 6.09 Å². The molecule has 132 valence electrons. The highest BCUT2D eigenvalue weighted by Crippen LogP contribution is 2.41. The molecule has 1 amide bonds. The van der Waals surface area contributed by atoms with Crippen LogP contribution < -0.4 is 0 Å². The Labute approximate surface area is 142 Å². The zero-order valence-electron chi connectivity index (χ0n) is 14.8. The highest BCUT2D eigenvalue weighted by Gasteiger charge is 2.50. The first-order valence-corrected chi connectivity index (χ1v) is 8.43. The molecule has 2 aliphatic rings. The zero-order valence-corrected chi connectivity index (χ0v) is 14.8. The molecule has 2 bridgehead atoms. The molecule has 2 aliphatic heterocycles. The second-order valence-electron chi connectivity index (χ2n) is 7.84. The number of piperidine rings is 1. The van der Waals surface area contributed by atoms with E-state index in [9.17, 15) is 9.90 Å². The van der Waals surface area contributed by atoms with Crippen LogP contribution in [-0.4, -0.2) is 52.0 Å². The fourth-order valence-electron chi connectivity index (χ4n) is 3.76. The predicted octanol–water partition coefficient (Wildman–Crippen LogP) is 2.38. The maximum Gasteiger partial charge on any atom is 0.410 e. The Morgan fingerprint density at radius 2 is 2.00 bits per heavy atom. The van der Waals surface area contributed by atoms with Gasteiger partial charge in [0, 0.05) is 19.0 Å². The number of aryl methyl sites for hydroxylation is 1. The molecular formula is C18H26N2O4. The smallest absolute Gasteiger partial charge is 0.410 e. The van der Waals surface area contributed by atoms with Crippen molar-refractivity contribution in [2.75, 3.05) is 13.2 Å². The lowest BCUT2D eigenvalue weighted by Gasteiger charge is -2.51. The van der Waals surface area contributed by atoms with Gasteiger partial charge in [-0.25, -0.2) is 4.79 Å². The molecule has 6 heteroatoms. The number of pyridine rings is 1. The summed E-state index contributed by atoms with van der Waals surface area (Å²) in [5, 5.41) is 11.3. The fraction of sp³-hybridized carbons (Fsp3) is 0.667. The Morgan fingerprint density at radius 3 is 2.54 bits per heavy atom. The van der Waals surface area contributed by atoms with Crippen molar-refractivity contribution in [3.63, 3.8) is 0 Å². The summed E-state index contributed by atoms with van der Waals surface area (Å²) >= 11 is 0. The summed E-state index contributed by atoms with van der Waals surface area (Å²) in [4.78, 5) is 18.7. The molecule has 2 unspecified atom stereocenters. The molecule has 0 spiro atoms. The first-order chi connectivity index (χ1) is 11.2. The standard InChI is InChI=1S/C18H26N2O4/c1-12-6-5-7-19-15(12)18(22)8-13-10-23-11-14(9-18)20(13)16(21)24-17(2,3)4/h5-7,13-14,22H,8-11H2,1-4H3. The molecule has 2 saturated heterocycles. The maximum atomic E-state index is 12.6. The SMILES string of the molecule is Cc1cccnc1C1(O)CC2COCC(C1)N2C(=O)OC(C)(C)C. The van der Waals surface area contributed by atoms with Crippen LogP contribution in [0.5, 0.6) is 0 Å². The lowest BCUT2D eigenvalue weighted by molar-refractivity contribution is -0.142. The molecule has 24 heavy (non-hydrogen) atoms. The van der Waals surface area contributed by atoms with Crippen molar-refractivity contribution in [1.29, 1.82) is 0 Å². The quantitative estimate of drug-likeness (QED) is 0.854. The molecular weight excluding hydrogens is 308 g/mol. The normalized spacial score (nSPS) is 30.1. The van der Waals surface area contributed by atoms with Crippen LogP contribution in [0.25, 0.3) is 0 Å². The first-order valence-electron chi connectivity index (χ1n) is 8.43. The highest BCUT2D eigenvalue weighted by atomic mass is 16.6. The van der Waals surface area contributed by atoms with E-state index in [1.165, 1.54) is 0 Å². The number of hydrogen-bond acceptors (Lipinski definition) is 5. The molecule has 3 rings (SSSR count). The average molecular weight is 334 g/mol. The molecule has 1 aromatic rings. The van der Waals surface area contributed by atoms with E-state index in [4.69, 9.17) is 9.47 Å². The van der Waals surface area contributed by atoms with Gasteiger partial charge in [0.2, 0.25) is 0 Å². The number of amides is 1. The molecule has 1 aromatic heterocycles. The van der Waals surface area contributed by atoms with Crippen LogP contribution in [-0.2, 0) is 15.1 Å². The number of rotatable bonds is 1. The number of morpholine rings is 1. The van der Waals surface area contributed by atoms with Crippen molar-refractivity contribution in [3.8, 4) is 0 Å². The molecule has 0 saturated carbocycles. The first kappa shape index (κ1) is 17.2. The van der Waals surface area contributed by atoms with Gasteiger partial charge in [0.15, 0.2) is 0 Å². The van der Waals surface area contributed by atoms with E-state index in [1.54, 1.807) is 11.1 Å². The summed E-state index contributed by atoms with van der Waals surface area (Å²) in [7, 11) is 0. The summed E-state index contributed by atoms with van der Waals surface area (Å²) in [6.07, 6.45) is 2.18. The number of ether oxygens (including phenoxy) is 2. The summed E-state index contributed by atoms with van der Waals surface area (Å²) in [5.74, 6) is 0. The Bertz CT molecular complexity index is 612. The van der Waals surface area contributed by atoms with Gasteiger partial charge in [-0.2, -0.15) is 0 Å². The number of hydrogen-bond donors (Lipinski definition) is 1.